The van der Waals surface area contributed by atoms with E-state index < -0.39 is 0 Å². The maximum absolute atomic E-state index is 6.02. The number of piperidine rings is 1. The number of aryl methyl sites for hydroxylation is 1. The summed E-state index contributed by atoms with van der Waals surface area (Å²) >= 11 is 0. The number of nitrogens with two attached hydrogens (primary N) is 1. The Balaban J connectivity index is 2.21. The summed E-state index contributed by atoms with van der Waals surface area (Å²) in [6.07, 6.45) is 2.29. The Morgan fingerprint density at radius 3 is 2.93 bits per heavy atom. The SMILES string of the molecule is [B]c1cc(C)ccc1N1CCC[C@H](N)C1. The normalized spacial score (nSPS) is 21.7. The van der Waals surface area contributed by atoms with Gasteiger partial charge in [-0.3, -0.25) is 0 Å². The molecule has 2 radical (unpaired) electrons. The number of nitrogens with zero attached hydrogens (tertiary/aromatic N) is 1. The second-order valence-corrected chi connectivity index (χ2v) is 4.41. The van der Waals surface area contributed by atoms with E-state index in [0.29, 0.717) is 6.04 Å². The van der Waals surface area contributed by atoms with Crippen molar-refractivity contribution in [1.29, 1.82) is 0 Å². The summed E-state index contributed by atoms with van der Waals surface area (Å²) in [6, 6.07) is 6.52. The number of hydrogen-bond donors (Lipinski definition) is 1. The maximum atomic E-state index is 6.02. The minimum Gasteiger partial charge on any atom is -0.370 e. The van der Waals surface area contributed by atoms with Crippen LogP contribution in [0, 0.1) is 6.92 Å². The van der Waals surface area contributed by atoms with Crippen molar-refractivity contribution >= 4 is 19.0 Å². The summed E-state index contributed by atoms with van der Waals surface area (Å²) in [6.45, 7) is 4.05. The summed E-state index contributed by atoms with van der Waals surface area (Å²) < 4.78 is 0. The molecule has 1 aliphatic rings. The molecule has 1 aliphatic heterocycles. The van der Waals surface area contributed by atoms with Crippen LogP contribution in [0.3, 0.4) is 0 Å². The van der Waals surface area contributed by atoms with E-state index in [-0.39, 0.29) is 0 Å². The Morgan fingerprint density at radius 1 is 1.47 bits per heavy atom. The summed E-state index contributed by atoms with van der Waals surface area (Å²) in [4.78, 5) is 2.29. The summed E-state index contributed by atoms with van der Waals surface area (Å²) in [7, 11) is 6.02. The zero-order chi connectivity index (χ0) is 10.8. The first-order chi connectivity index (χ1) is 7.16. The first-order valence-corrected chi connectivity index (χ1v) is 5.53. The summed E-state index contributed by atoms with van der Waals surface area (Å²) in [5.41, 5.74) is 9.17. The fraction of sp³-hybridized carbons (Fsp3) is 0.500. The largest absolute Gasteiger partial charge is 0.370 e. The Bertz CT molecular complexity index is 351. The van der Waals surface area contributed by atoms with Gasteiger partial charge in [0.25, 0.3) is 0 Å². The number of hydrogen-bond acceptors (Lipinski definition) is 2. The van der Waals surface area contributed by atoms with E-state index in [2.05, 4.69) is 24.0 Å². The van der Waals surface area contributed by atoms with Gasteiger partial charge in [0.05, 0.1) is 0 Å². The molecule has 0 amide bonds. The first-order valence-electron chi connectivity index (χ1n) is 5.53. The lowest BCUT2D eigenvalue weighted by molar-refractivity contribution is 0.506. The maximum Gasteiger partial charge on any atom is 0.116 e. The second-order valence-electron chi connectivity index (χ2n) is 4.41. The molecule has 1 fully saturated rings. The zero-order valence-electron chi connectivity index (χ0n) is 9.24. The van der Waals surface area contributed by atoms with E-state index in [1.807, 2.05) is 6.07 Å². The lowest BCUT2D eigenvalue weighted by Gasteiger charge is -2.34. The molecule has 0 spiro atoms. The third kappa shape index (κ3) is 2.35. The topological polar surface area (TPSA) is 29.3 Å². The van der Waals surface area contributed by atoms with Gasteiger partial charge in [-0.1, -0.05) is 23.2 Å². The van der Waals surface area contributed by atoms with Gasteiger partial charge >= 0.3 is 0 Å². The van der Waals surface area contributed by atoms with Crippen molar-refractivity contribution in [3.05, 3.63) is 23.8 Å². The van der Waals surface area contributed by atoms with Gasteiger partial charge < -0.3 is 10.6 Å². The molecule has 3 heteroatoms. The van der Waals surface area contributed by atoms with Crippen molar-refractivity contribution in [2.45, 2.75) is 25.8 Å². The molecule has 15 heavy (non-hydrogen) atoms. The summed E-state index contributed by atoms with van der Waals surface area (Å²) in [5.74, 6) is 0. The van der Waals surface area contributed by atoms with E-state index in [9.17, 15) is 0 Å². The number of anilines is 1. The number of rotatable bonds is 1. The van der Waals surface area contributed by atoms with Gasteiger partial charge in [0, 0.05) is 24.8 Å². The molecule has 78 valence electrons. The number of benzene rings is 1. The molecule has 1 heterocycles. The van der Waals surface area contributed by atoms with E-state index in [1.165, 1.54) is 5.56 Å². The Hall–Kier alpha value is -0.955. The van der Waals surface area contributed by atoms with E-state index in [1.54, 1.807) is 0 Å². The third-order valence-electron chi connectivity index (χ3n) is 2.98. The van der Waals surface area contributed by atoms with Gasteiger partial charge in [0.15, 0.2) is 0 Å². The molecule has 1 saturated heterocycles. The fourth-order valence-corrected chi connectivity index (χ4v) is 2.19. The lowest BCUT2D eigenvalue weighted by atomic mass is 9.91. The monoisotopic (exact) mass is 200 g/mol. The lowest BCUT2D eigenvalue weighted by Crippen LogP contribution is -2.44. The highest BCUT2D eigenvalue weighted by molar-refractivity contribution is 6.36. The molecule has 1 aromatic rings. The molecule has 0 unspecified atom stereocenters. The van der Waals surface area contributed by atoms with Crippen LogP contribution in [0.2, 0.25) is 0 Å². The quantitative estimate of drug-likeness (QED) is 0.676. The Labute approximate surface area is 92.9 Å². The van der Waals surface area contributed by atoms with Crippen LogP contribution in [0.25, 0.3) is 0 Å². The molecule has 1 aromatic carbocycles. The van der Waals surface area contributed by atoms with Crippen molar-refractivity contribution < 1.29 is 0 Å². The van der Waals surface area contributed by atoms with Gasteiger partial charge in [0.2, 0.25) is 0 Å². The van der Waals surface area contributed by atoms with Crippen LogP contribution in [0.4, 0.5) is 5.69 Å². The van der Waals surface area contributed by atoms with E-state index >= 15 is 0 Å². The molecule has 0 aliphatic carbocycles. The molecule has 2 nitrogen and oxygen atoms in total. The van der Waals surface area contributed by atoms with Crippen molar-refractivity contribution in [2.75, 3.05) is 18.0 Å². The molecule has 0 bridgehead atoms. The van der Waals surface area contributed by atoms with Crippen LogP contribution in [-0.2, 0) is 0 Å². The highest BCUT2D eigenvalue weighted by Crippen LogP contribution is 2.17. The molecular weight excluding hydrogens is 183 g/mol. The van der Waals surface area contributed by atoms with Gasteiger partial charge in [-0.15, -0.1) is 0 Å². The van der Waals surface area contributed by atoms with Crippen LogP contribution in [0.1, 0.15) is 18.4 Å². The predicted octanol–water partition coefficient (Wildman–Crippen LogP) is 0.716. The Morgan fingerprint density at radius 2 is 2.27 bits per heavy atom. The highest BCUT2D eigenvalue weighted by Gasteiger charge is 2.17. The van der Waals surface area contributed by atoms with Gasteiger partial charge in [0.1, 0.15) is 7.85 Å². The molecular formula is C12H17BN2. The second kappa shape index (κ2) is 4.27. The van der Waals surface area contributed by atoms with Crippen LogP contribution in [-0.4, -0.2) is 27.0 Å². The molecule has 0 saturated carbocycles. The average Bonchev–Trinajstić information content (AvgIpc) is 2.17. The van der Waals surface area contributed by atoms with Crippen LogP contribution in [0.15, 0.2) is 18.2 Å². The van der Waals surface area contributed by atoms with Gasteiger partial charge in [-0.25, -0.2) is 0 Å². The summed E-state index contributed by atoms with van der Waals surface area (Å²) in [5, 5.41) is 0. The molecule has 2 N–H and O–H groups in total. The van der Waals surface area contributed by atoms with Crippen LogP contribution >= 0.6 is 0 Å². The Kier molecular flexibility index (Phi) is 3.01. The smallest absolute Gasteiger partial charge is 0.116 e. The van der Waals surface area contributed by atoms with Gasteiger partial charge in [-0.2, -0.15) is 0 Å². The van der Waals surface area contributed by atoms with E-state index in [4.69, 9.17) is 13.6 Å². The van der Waals surface area contributed by atoms with Gasteiger partial charge in [-0.05, 0) is 25.8 Å². The minimum absolute atomic E-state index is 0.291. The molecule has 1 atom stereocenters. The van der Waals surface area contributed by atoms with Crippen molar-refractivity contribution in [3.63, 3.8) is 0 Å². The van der Waals surface area contributed by atoms with Crippen LogP contribution in [0.5, 0.6) is 0 Å². The average molecular weight is 200 g/mol. The fourth-order valence-electron chi connectivity index (χ4n) is 2.19. The molecule has 0 aromatic heterocycles. The van der Waals surface area contributed by atoms with Crippen molar-refractivity contribution in [3.8, 4) is 0 Å². The first kappa shape index (κ1) is 10.6. The van der Waals surface area contributed by atoms with Crippen LogP contribution < -0.4 is 16.1 Å². The standard InChI is InChI=1S/C12H17BN2/c1-9-4-5-12(11(13)7-9)15-6-2-3-10(14)8-15/h4-5,7,10H,2-3,6,8,14H2,1H3/t10-/m0/s1. The van der Waals surface area contributed by atoms with E-state index in [0.717, 1.165) is 37.1 Å². The molecule has 2 rings (SSSR count). The van der Waals surface area contributed by atoms with Crippen molar-refractivity contribution in [1.82, 2.24) is 0 Å². The van der Waals surface area contributed by atoms with Crippen molar-refractivity contribution in [2.24, 2.45) is 5.73 Å². The third-order valence-corrected chi connectivity index (χ3v) is 2.98. The minimum atomic E-state index is 0.291. The predicted molar refractivity (Wildman–Crippen MR) is 66.0 cm³/mol. The highest BCUT2D eigenvalue weighted by atomic mass is 15.1. The zero-order valence-corrected chi connectivity index (χ0v) is 9.24.